The highest BCUT2D eigenvalue weighted by molar-refractivity contribution is 5.85. The van der Waals surface area contributed by atoms with Gasteiger partial charge in [-0.05, 0) is 60.1 Å². The first-order chi connectivity index (χ1) is 9.24. The Balaban J connectivity index is 2.14. The van der Waals surface area contributed by atoms with Crippen LogP contribution in [0, 0.1) is 13.8 Å². The molecule has 2 aliphatic rings. The highest BCUT2D eigenvalue weighted by atomic mass is 14.5. The predicted octanol–water partition coefficient (Wildman–Crippen LogP) is 5.14. The molecule has 2 aliphatic carbocycles. The summed E-state index contributed by atoms with van der Waals surface area (Å²) in [5, 5.41) is 0. The van der Waals surface area contributed by atoms with Crippen molar-refractivity contribution in [2.24, 2.45) is 0 Å². The van der Waals surface area contributed by atoms with E-state index in [9.17, 15) is 0 Å². The van der Waals surface area contributed by atoms with E-state index in [4.69, 9.17) is 0 Å². The van der Waals surface area contributed by atoms with Gasteiger partial charge in [-0.3, -0.25) is 0 Å². The van der Waals surface area contributed by atoms with Crippen molar-refractivity contribution >= 4 is 0 Å². The molecule has 1 spiro atoms. The molecule has 0 nitrogen and oxygen atoms in total. The van der Waals surface area contributed by atoms with Crippen LogP contribution in [0.5, 0.6) is 0 Å². The lowest BCUT2D eigenvalue weighted by Gasteiger charge is -2.26. The normalized spacial score (nSPS) is 18.6. The fourth-order valence-corrected chi connectivity index (χ4v) is 4.46. The van der Waals surface area contributed by atoms with Gasteiger partial charge in [-0.2, -0.15) is 0 Å². The molecule has 2 aromatic rings. The summed E-state index contributed by atoms with van der Waals surface area (Å²) in [4.78, 5) is 0. The minimum absolute atomic E-state index is 0.336. The molecular weight excluding hydrogens is 228 g/mol. The molecule has 0 N–H and O–H groups in total. The molecule has 0 bridgehead atoms. The second-order valence-corrected chi connectivity index (χ2v) is 6.28. The molecule has 0 aromatic heterocycles. The lowest BCUT2D eigenvalue weighted by Crippen LogP contribution is -2.20. The van der Waals surface area contributed by atoms with E-state index in [-0.39, 0.29) is 0 Å². The Hall–Kier alpha value is -1.56. The molecule has 0 unspecified atom stereocenters. The Morgan fingerprint density at radius 3 is 1.68 bits per heavy atom. The number of aryl methyl sites for hydroxylation is 2. The number of hydrogen-bond donors (Lipinski definition) is 0. The average molecular weight is 248 g/mol. The summed E-state index contributed by atoms with van der Waals surface area (Å²) in [5.74, 6) is 0. The van der Waals surface area contributed by atoms with Gasteiger partial charge >= 0.3 is 0 Å². The van der Waals surface area contributed by atoms with Gasteiger partial charge in [-0.15, -0.1) is 0 Å². The van der Waals surface area contributed by atoms with Gasteiger partial charge in [0.2, 0.25) is 0 Å². The van der Waals surface area contributed by atoms with Crippen LogP contribution in [0.25, 0.3) is 11.1 Å². The van der Waals surface area contributed by atoms with Crippen LogP contribution in [0.1, 0.15) is 47.9 Å². The maximum Gasteiger partial charge on any atom is 0.0215 e. The fraction of sp³-hybridized carbons (Fsp3) is 0.368. The summed E-state index contributed by atoms with van der Waals surface area (Å²) < 4.78 is 0. The van der Waals surface area contributed by atoms with E-state index < -0.39 is 0 Å². The van der Waals surface area contributed by atoms with Crippen LogP contribution >= 0.6 is 0 Å². The van der Waals surface area contributed by atoms with Crippen LogP contribution < -0.4 is 0 Å². The van der Waals surface area contributed by atoms with Gasteiger partial charge in [-0.1, -0.05) is 49.2 Å². The molecule has 0 saturated heterocycles. The topological polar surface area (TPSA) is 0 Å². The van der Waals surface area contributed by atoms with Crippen LogP contribution in [0.15, 0.2) is 36.4 Å². The summed E-state index contributed by atoms with van der Waals surface area (Å²) in [6.45, 7) is 4.53. The molecule has 0 heteroatoms. The van der Waals surface area contributed by atoms with Crippen LogP contribution in [-0.4, -0.2) is 0 Å². The molecule has 0 heterocycles. The summed E-state index contributed by atoms with van der Waals surface area (Å²) in [6.07, 6.45) is 5.42. The smallest absolute Gasteiger partial charge is 0.0215 e. The van der Waals surface area contributed by atoms with E-state index in [1.54, 1.807) is 11.1 Å². The van der Waals surface area contributed by atoms with Gasteiger partial charge < -0.3 is 0 Å². The first kappa shape index (κ1) is 11.3. The monoisotopic (exact) mass is 248 g/mol. The number of hydrogen-bond acceptors (Lipinski definition) is 0. The largest absolute Gasteiger partial charge is 0.0617 e. The minimum Gasteiger partial charge on any atom is -0.0617 e. The van der Waals surface area contributed by atoms with E-state index in [1.807, 2.05) is 0 Å². The maximum atomic E-state index is 2.38. The number of fused-ring (bicyclic) bond motifs is 5. The van der Waals surface area contributed by atoms with Crippen molar-refractivity contribution in [1.29, 1.82) is 0 Å². The highest BCUT2D eigenvalue weighted by Gasteiger charge is 2.45. The zero-order chi connectivity index (χ0) is 13.0. The molecular formula is C19H20. The first-order valence-electron chi connectivity index (χ1n) is 7.45. The van der Waals surface area contributed by atoms with Crippen molar-refractivity contribution in [3.63, 3.8) is 0 Å². The molecule has 96 valence electrons. The van der Waals surface area contributed by atoms with Crippen molar-refractivity contribution < 1.29 is 0 Å². The minimum atomic E-state index is 0.336. The molecule has 1 fully saturated rings. The third-order valence-corrected chi connectivity index (χ3v) is 5.28. The van der Waals surface area contributed by atoms with E-state index in [1.165, 1.54) is 47.9 Å². The summed E-state index contributed by atoms with van der Waals surface area (Å²) in [6, 6.07) is 13.8. The Labute approximate surface area is 115 Å². The zero-order valence-electron chi connectivity index (χ0n) is 11.8. The maximum absolute atomic E-state index is 2.38. The lowest BCUT2D eigenvalue weighted by atomic mass is 9.76. The molecule has 0 aliphatic heterocycles. The van der Waals surface area contributed by atoms with Gasteiger partial charge in [0.1, 0.15) is 0 Å². The molecule has 4 rings (SSSR count). The Morgan fingerprint density at radius 2 is 1.21 bits per heavy atom. The van der Waals surface area contributed by atoms with Crippen molar-refractivity contribution in [1.82, 2.24) is 0 Å². The van der Waals surface area contributed by atoms with Gasteiger partial charge in [0.25, 0.3) is 0 Å². The van der Waals surface area contributed by atoms with Gasteiger partial charge in [0, 0.05) is 5.41 Å². The van der Waals surface area contributed by atoms with Crippen LogP contribution in [-0.2, 0) is 5.41 Å². The molecule has 19 heavy (non-hydrogen) atoms. The molecule has 1 saturated carbocycles. The standard InChI is InChI=1S/C19H20/c1-13-7-5-9-15-17(13)18-14(2)8-6-10-16(18)19(15)11-3-4-12-19/h5-10H,3-4,11-12H2,1-2H3. The van der Waals surface area contributed by atoms with Crippen LogP contribution in [0.3, 0.4) is 0 Å². The number of benzene rings is 2. The predicted molar refractivity (Wildman–Crippen MR) is 80.6 cm³/mol. The fourth-order valence-electron chi connectivity index (χ4n) is 4.46. The summed E-state index contributed by atoms with van der Waals surface area (Å²) in [7, 11) is 0. The van der Waals surface area contributed by atoms with Crippen molar-refractivity contribution in [3.05, 3.63) is 58.7 Å². The van der Waals surface area contributed by atoms with E-state index in [0.29, 0.717) is 5.41 Å². The summed E-state index contributed by atoms with van der Waals surface area (Å²) >= 11 is 0. The zero-order valence-corrected chi connectivity index (χ0v) is 11.8. The van der Waals surface area contributed by atoms with Crippen molar-refractivity contribution in [3.8, 4) is 11.1 Å². The lowest BCUT2D eigenvalue weighted by molar-refractivity contribution is 0.549. The second-order valence-electron chi connectivity index (χ2n) is 6.28. The molecule has 2 aromatic carbocycles. The summed E-state index contributed by atoms with van der Waals surface area (Å²) in [5.41, 5.74) is 9.51. The molecule has 0 amide bonds. The van der Waals surface area contributed by atoms with Crippen LogP contribution in [0.4, 0.5) is 0 Å². The Bertz CT molecular complexity index is 604. The van der Waals surface area contributed by atoms with E-state index in [2.05, 4.69) is 50.2 Å². The molecule has 0 radical (unpaired) electrons. The third kappa shape index (κ3) is 1.30. The van der Waals surface area contributed by atoms with Crippen molar-refractivity contribution in [2.45, 2.75) is 44.9 Å². The SMILES string of the molecule is Cc1cccc2c1-c1c(C)cccc1C21CCCC1. The van der Waals surface area contributed by atoms with E-state index >= 15 is 0 Å². The molecule has 0 atom stereocenters. The van der Waals surface area contributed by atoms with Gasteiger partial charge in [-0.25, -0.2) is 0 Å². The Morgan fingerprint density at radius 1 is 0.737 bits per heavy atom. The van der Waals surface area contributed by atoms with Gasteiger partial charge in [0.15, 0.2) is 0 Å². The first-order valence-corrected chi connectivity index (χ1v) is 7.45. The van der Waals surface area contributed by atoms with E-state index in [0.717, 1.165) is 0 Å². The van der Waals surface area contributed by atoms with Gasteiger partial charge in [0.05, 0.1) is 0 Å². The quantitative estimate of drug-likeness (QED) is 0.605. The Kier molecular flexibility index (Phi) is 2.21. The highest BCUT2D eigenvalue weighted by Crippen LogP contribution is 2.58. The third-order valence-electron chi connectivity index (χ3n) is 5.28. The van der Waals surface area contributed by atoms with Crippen LogP contribution in [0.2, 0.25) is 0 Å². The number of rotatable bonds is 0. The average Bonchev–Trinajstić information content (AvgIpc) is 2.99. The second kappa shape index (κ2) is 3.72. The van der Waals surface area contributed by atoms with Crippen molar-refractivity contribution in [2.75, 3.05) is 0 Å².